The van der Waals surface area contributed by atoms with Crippen molar-refractivity contribution in [3.05, 3.63) is 28.8 Å². The minimum absolute atomic E-state index is 0.411. The summed E-state index contributed by atoms with van der Waals surface area (Å²) >= 11 is 5.76. The predicted octanol–water partition coefficient (Wildman–Crippen LogP) is 2.11. The summed E-state index contributed by atoms with van der Waals surface area (Å²) in [6, 6.07) is 5.49. The lowest BCUT2D eigenvalue weighted by atomic mass is 10.2. The van der Waals surface area contributed by atoms with Crippen LogP contribution in [0.1, 0.15) is 5.56 Å². The van der Waals surface area contributed by atoms with Crippen LogP contribution in [0.5, 0.6) is 5.75 Å². The molecule has 0 bridgehead atoms. The first-order valence-corrected chi connectivity index (χ1v) is 3.66. The van der Waals surface area contributed by atoms with Crippen molar-refractivity contribution in [2.45, 2.75) is 0 Å². The number of halogens is 1. The van der Waals surface area contributed by atoms with E-state index in [1.807, 2.05) is 12.1 Å². The average Bonchev–Trinajstić information content (AvgIpc) is 2.04. The maximum absolute atomic E-state index is 5.76. The molecule has 0 unspecified atom stereocenters. The Bertz CT molecular complexity index is 309. The third-order valence-corrected chi connectivity index (χ3v) is 1.73. The molecule has 3 heteroatoms. The van der Waals surface area contributed by atoms with Crippen LogP contribution in [0.3, 0.4) is 0 Å². The molecule has 0 saturated carbocycles. The van der Waals surface area contributed by atoms with E-state index in [9.17, 15) is 0 Å². The molecule has 1 aromatic rings. The smallest absolute Gasteiger partial charge is 0.179 e. The van der Waals surface area contributed by atoms with Crippen LogP contribution in [0, 0.1) is 0 Å². The normalized spacial score (nSPS) is 13.9. The average molecular weight is 168 g/mol. The van der Waals surface area contributed by atoms with Crippen molar-refractivity contribution in [2.24, 2.45) is 4.99 Å². The lowest BCUT2D eigenvalue weighted by molar-refractivity contribution is 0.326. The largest absolute Gasteiger partial charge is 0.471 e. The maximum Gasteiger partial charge on any atom is 0.179 e. The molecule has 11 heavy (non-hydrogen) atoms. The van der Waals surface area contributed by atoms with E-state index in [1.54, 1.807) is 12.3 Å². The van der Waals surface area contributed by atoms with Crippen LogP contribution in [0.15, 0.2) is 23.2 Å². The third kappa shape index (κ3) is 1.21. The van der Waals surface area contributed by atoms with Crippen molar-refractivity contribution in [3.8, 4) is 5.75 Å². The summed E-state index contributed by atoms with van der Waals surface area (Å²) < 4.78 is 5.22. The van der Waals surface area contributed by atoms with Gasteiger partial charge in [0, 0.05) is 16.8 Å². The maximum atomic E-state index is 5.76. The third-order valence-electron chi connectivity index (χ3n) is 1.50. The standard InChI is InChI=1S/C8H6ClNO/c9-7-1-2-8-6(3-7)4-10-5-11-8/h1-4H,5H2. The molecule has 1 aliphatic heterocycles. The molecule has 0 atom stereocenters. The monoisotopic (exact) mass is 167 g/mol. The first-order valence-electron chi connectivity index (χ1n) is 3.28. The van der Waals surface area contributed by atoms with Gasteiger partial charge in [-0.15, -0.1) is 0 Å². The molecule has 2 rings (SSSR count). The molecule has 0 saturated heterocycles. The van der Waals surface area contributed by atoms with E-state index in [-0.39, 0.29) is 0 Å². The fourth-order valence-corrected chi connectivity index (χ4v) is 1.17. The number of ether oxygens (including phenoxy) is 1. The number of aliphatic imine (C=N–C) groups is 1. The van der Waals surface area contributed by atoms with Crippen LogP contribution in [-0.4, -0.2) is 12.9 Å². The lowest BCUT2D eigenvalue weighted by Crippen LogP contribution is -2.03. The highest BCUT2D eigenvalue weighted by Gasteiger charge is 2.04. The van der Waals surface area contributed by atoms with E-state index in [0.29, 0.717) is 11.8 Å². The van der Waals surface area contributed by atoms with Crippen molar-refractivity contribution in [2.75, 3.05) is 6.73 Å². The zero-order chi connectivity index (χ0) is 7.68. The Morgan fingerprint density at radius 1 is 1.45 bits per heavy atom. The Labute approximate surface area is 69.5 Å². The predicted molar refractivity (Wildman–Crippen MR) is 44.5 cm³/mol. The van der Waals surface area contributed by atoms with Gasteiger partial charge >= 0.3 is 0 Å². The molecular formula is C8H6ClNO. The Morgan fingerprint density at radius 2 is 2.36 bits per heavy atom. The van der Waals surface area contributed by atoms with Crippen LogP contribution in [0.25, 0.3) is 0 Å². The van der Waals surface area contributed by atoms with Gasteiger partial charge in [-0.1, -0.05) is 11.6 Å². The van der Waals surface area contributed by atoms with Crippen LogP contribution in [0.2, 0.25) is 5.02 Å². The molecule has 0 aliphatic carbocycles. The van der Waals surface area contributed by atoms with Gasteiger partial charge < -0.3 is 4.74 Å². The summed E-state index contributed by atoms with van der Waals surface area (Å²) in [6.07, 6.45) is 1.77. The Balaban J connectivity index is 2.54. The minimum atomic E-state index is 0.411. The summed E-state index contributed by atoms with van der Waals surface area (Å²) in [4.78, 5) is 3.95. The molecule has 56 valence electrons. The van der Waals surface area contributed by atoms with Gasteiger partial charge in [0.1, 0.15) is 5.75 Å². The van der Waals surface area contributed by atoms with Gasteiger partial charge in [0.15, 0.2) is 6.73 Å². The van der Waals surface area contributed by atoms with Crippen LogP contribution in [-0.2, 0) is 0 Å². The SMILES string of the molecule is Clc1ccc2c(c1)C=NCO2. The van der Waals surface area contributed by atoms with E-state index in [2.05, 4.69) is 4.99 Å². The molecule has 0 amide bonds. The number of nitrogens with zero attached hydrogens (tertiary/aromatic N) is 1. The van der Waals surface area contributed by atoms with Gasteiger partial charge in [-0.3, -0.25) is 4.99 Å². The molecule has 0 spiro atoms. The van der Waals surface area contributed by atoms with Gasteiger partial charge in [0.05, 0.1) is 0 Å². The minimum Gasteiger partial charge on any atom is -0.471 e. The van der Waals surface area contributed by atoms with E-state index in [4.69, 9.17) is 16.3 Å². The second-order valence-corrected chi connectivity index (χ2v) is 2.70. The lowest BCUT2D eigenvalue weighted by Gasteiger charge is -2.10. The summed E-state index contributed by atoms with van der Waals surface area (Å²) in [5, 5.41) is 0.709. The van der Waals surface area contributed by atoms with E-state index >= 15 is 0 Å². The molecule has 0 N–H and O–H groups in total. The Kier molecular flexibility index (Phi) is 1.55. The van der Waals surface area contributed by atoms with Crippen LogP contribution < -0.4 is 4.74 Å². The van der Waals surface area contributed by atoms with E-state index in [1.165, 1.54) is 0 Å². The fourth-order valence-electron chi connectivity index (χ4n) is 0.994. The summed E-state index contributed by atoms with van der Waals surface area (Å²) in [7, 11) is 0. The highest BCUT2D eigenvalue weighted by Crippen LogP contribution is 2.22. The molecule has 1 aliphatic rings. The quantitative estimate of drug-likeness (QED) is 0.580. The zero-order valence-electron chi connectivity index (χ0n) is 5.75. The molecule has 0 fully saturated rings. The van der Waals surface area contributed by atoms with Crippen LogP contribution in [0.4, 0.5) is 0 Å². The van der Waals surface area contributed by atoms with Crippen molar-refractivity contribution in [1.82, 2.24) is 0 Å². The van der Waals surface area contributed by atoms with Crippen molar-refractivity contribution in [3.63, 3.8) is 0 Å². The molecule has 0 radical (unpaired) electrons. The van der Waals surface area contributed by atoms with E-state index < -0.39 is 0 Å². The number of hydrogen-bond donors (Lipinski definition) is 0. The zero-order valence-corrected chi connectivity index (χ0v) is 6.51. The highest BCUT2D eigenvalue weighted by atomic mass is 35.5. The second-order valence-electron chi connectivity index (χ2n) is 2.27. The first kappa shape index (κ1) is 6.68. The van der Waals surface area contributed by atoms with E-state index in [0.717, 1.165) is 11.3 Å². The molecular weight excluding hydrogens is 162 g/mol. The second kappa shape index (κ2) is 2.55. The van der Waals surface area contributed by atoms with Crippen LogP contribution >= 0.6 is 11.6 Å². The van der Waals surface area contributed by atoms with Crippen molar-refractivity contribution >= 4 is 17.8 Å². The number of rotatable bonds is 0. The summed E-state index contributed by atoms with van der Waals surface area (Å²) in [5.74, 6) is 0.851. The molecule has 0 aromatic heterocycles. The van der Waals surface area contributed by atoms with Gasteiger partial charge in [0.25, 0.3) is 0 Å². The van der Waals surface area contributed by atoms with Gasteiger partial charge in [-0.2, -0.15) is 0 Å². The van der Waals surface area contributed by atoms with Gasteiger partial charge in [0.2, 0.25) is 0 Å². The van der Waals surface area contributed by atoms with Gasteiger partial charge in [-0.25, -0.2) is 0 Å². The topological polar surface area (TPSA) is 21.6 Å². The number of hydrogen-bond acceptors (Lipinski definition) is 2. The van der Waals surface area contributed by atoms with Gasteiger partial charge in [-0.05, 0) is 18.2 Å². The van der Waals surface area contributed by atoms with Crippen molar-refractivity contribution < 1.29 is 4.74 Å². The Morgan fingerprint density at radius 3 is 3.27 bits per heavy atom. The molecule has 1 aromatic carbocycles. The Hall–Kier alpha value is -1.02. The first-order chi connectivity index (χ1) is 5.36. The van der Waals surface area contributed by atoms with Crippen molar-refractivity contribution in [1.29, 1.82) is 0 Å². The summed E-state index contributed by atoms with van der Waals surface area (Å²) in [5.41, 5.74) is 0.948. The molecule has 2 nitrogen and oxygen atoms in total. The molecule has 1 heterocycles. The summed E-state index contributed by atoms with van der Waals surface area (Å²) in [6.45, 7) is 0.411. The fraction of sp³-hybridized carbons (Fsp3) is 0.125. The number of benzene rings is 1. The number of fused-ring (bicyclic) bond motifs is 1. The highest BCUT2D eigenvalue weighted by molar-refractivity contribution is 6.30.